The largest absolute Gasteiger partial charge is 0.461 e. The Morgan fingerprint density at radius 2 is 2.56 bits per heavy atom. The summed E-state index contributed by atoms with van der Waals surface area (Å²) in [6, 6.07) is 0.888. The summed E-state index contributed by atoms with van der Waals surface area (Å²) in [6.45, 7) is 3.90. The molecule has 1 unspecified atom stereocenters. The van der Waals surface area contributed by atoms with Gasteiger partial charge in [-0.3, -0.25) is 0 Å². The Balaban J connectivity index is 2.07. The van der Waals surface area contributed by atoms with Crippen LogP contribution in [0.5, 0.6) is 0 Å². The number of ether oxygens (including phenoxy) is 1. The molecule has 1 N–H and O–H groups in total. The predicted molar refractivity (Wildman–Crippen MR) is 66.8 cm³/mol. The SMILES string of the molecule is CCOC(=O)c1coc(N2CCCC2CNC)n1. The average molecular weight is 253 g/mol. The minimum atomic E-state index is -0.433. The molecule has 1 aliphatic heterocycles. The highest BCUT2D eigenvalue weighted by atomic mass is 16.5. The van der Waals surface area contributed by atoms with Crippen molar-refractivity contribution in [1.82, 2.24) is 10.3 Å². The summed E-state index contributed by atoms with van der Waals surface area (Å²) < 4.78 is 10.3. The third-order valence-corrected chi connectivity index (χ3v) is 3.04. The van der Waals surface area contributed by atoms with Crippen LogP contribution in [0.2, 0.25) is 0 Å². The smallest absolute Gasteiger partial charge is 0.360 e. The van der Waals surface area contributed by atoms with Crippen LogP contribution in [0.15, 0.2) is 10.7 Å². The summed E-state index contributed by atoms with van der Waals surface area (Å²) in [6.07, 6.45) is 3.59. The number of rotatable bonds is 5. The summed E-state index contributed by atoms with van der Waals surface area (Å²) >= 11 is 0. The van der Waals surface area contributed by atoms with Crippen LogP contribution in [0, 0.1) is 0 Å². The lowest BCUT2D eigenvalue weighted by Crippen LogP contribution is -2.37. The first-order valence-electron chi connectivity index (χ1n) is 6.30. The minimum Gasteiger partial charge on any atom is -0.461 e. The van der Waals surface area contributed by atoms with Crippen LogP contribution in [-0.4, -0.2) is 43.7 Å². The molecule has 0 radical (unpaired) electrons. The predicted octanol–water partition coefficient (Wildman–Crippen LogP) is 1.04. The number of anilines is 1. The van der Waals surface area contributed by atoms with Crippen LogP contribution < -0.4 is 10.2 Å². The lowest BCUT2D eigenvalue weighted by atomic mass is 10.2. The van der Waals surface area contributed by atoms with Crippen molar-refractivity contribution in [3.63, 3.8) is 0 Å². The fourth-order valence-corrected chi connectivity index (χ4v) is 2.23. The Kier molecular flexibility index (Phi) is 4.19. The van der Waals surface area contributed by atoms with Gasteiger partial charge in [0.05, 0.1) is 6.61 Å². The lowest BCUT2D eigenvalue weighted by molar-refractivity contribution is 0.0519. The zero-order valence-electron chi connectivity index (χ0n) is 10.8. The number of aromatic nitrogens is 1. The van der Waals surface area contributed by atoms with E-state index in [-0.39, 0.29) is 5.69 Å². The van der Waals surface area contributed by atoms with Gasteiger partial charge < -0.3 is 19.4 Å². The molecule has 0 bridgehead atoms. The van der Waals surface area contributed by atoms with E-state index in [0.717, 1.165) is 25.9 Å². The third kappa shape index (κ3) is 2.64. The molecular formula is C12H19N3O3. The zero-order chi connectivity index (χ0) is 13.0. The molecule has 0 spiro atoms. The molecule has 0 aliphatic carbocycles. The highest BCUT2D eigenvalue weighted by Crippen LogP contribution is 2.24. The normalized spacial score (nSPS) is 19.2. The Morgan fingerprint density at radius 1 is 1.72 bits per heavy atom. The van der Waals surface area contributed by atoms with Gasteiger partial charge in [0.15, 0.2) is 5.69 Å². The molecule has 2 heterocycles. The molecule has 0 aromatic carbocycles. The van der Waals surface area contributed by atoms with Crippen molar-refractivity contribution in [2.24, 2.45) is 0 Å². The second-order valence-electron chi connectivity index (χ2n) is 4.28. The Bertz CT molecular complexity index is 405. The molecule has 1 saturated heterocycles. The van der Waals surface area contributed by atoms with Crippen molar-refractivity contribution in [2.45, 2.75) is 25.8 Å². The molecule has 2 rings (SSSR count). The first-order valence-corrected chi connectivity index (χ1v) is 6.30. The second-order valence-corrected chi connectivity index (χ2v) is 4.28. The van der Waals surface area contributed by atoms with E-state index < -0.39 is 5.97 Å². The number of esters is 1. The highest BCUT2D eigenvalue weighted by molar-refractivity contribution is 5.87. The van der Waals surface area contributed by atoms with Gasteiger partial charge >= 0.3 is 5.97 Å². The Labute approximate surface area is 106 Å². The molecule has 1 aliphatic rings. The molecule has 1 aromatic rings. The molecule has 0 amide bonds. The first kappa shape index (κ1) is 12.9. The van der Waals surface area contributed by atoms with Gasteiger partial charge in [-0.1, -0.05) is 0 Å². The molecule has 6 nitrogen and oxygen atoms in total. The van der Waals surface area contributed by atoms with E-state index in [1.165, 1.54) is 6.26 Å². The van der Waals surface area contributed by atoms with Gasteiger partial charge in [-0.15, -0.1) is 0 Å². The fourth-order valence-electron chi connectivity index (χ4n) is 2.23. The van der Waals surface area contributed by atoms with Crippen LogP contribution in [0.4, 0.5) is 6.01 Å². The maximum atomic E-state index is 11.5. The topological polar surface area (TPSA) is 67.6 Å². The van der Waals surface area contributed by atoms with Crippen LogP contribution in [0.1, 0.15) is 30.3 Å². The van der Waals surface area contributed by atoms with E-state index in [9.17, 15) is 4.79 Å². The molecule has 6 heteroatoms. The zero-order valence-corrected chi connectivity index (χ0v) is 10.8. The number of hydrogen-bond acceptors (Lipinski definition) is 6. The lowest BCUT2D eigenvalue weighted by Gasteiger charge is -2.22. The number of carbonyl (C=O) groups excluding carboxylic acids is 1. The van der Waals surface area contributed by atoms with Crippen LogP contribution >= 0.6 is 0 Å². The number of carbonyl (C=O) groups is 1. The molecule has 1 aromatic heterocycles. The van der Waals surface area contributed by atoms with E-state index in [0.29, 0.717) is 18.7 Å². The number of likely N-dealkylation sites (N-methyl/N-ethyl adjacent to an activating group) is 1. The number of nitrogens with one attached hydrogen (secondary N) is 1. The number of hydrogen-bond donors (Lipinski definition) is 1. The summed E-state index contributed by atoms with van der Waals surface area (Å²) in [5, 5.41) is 3.16. The molecule has 0 saturated carbocycles. The summed E-state index contributed by atoms with van der Waals surface area (Å²) in [5.41, 5.74) is 0.238. The van der Waals surface area contributed by atoms with Gasteiger partial charge in [-0.2, -0.15) is 4.98 Å². The monoisotopic (exact) mass is 253 g/mol. The van der Waals surface area contributed by atoms with Crippen molar-refractivity contribution in [1.29, 1.82) is 0 Å². The van der Waals surface area contributed by atoms with E-state index in [4.69, 9.17) is 9.15 Å². The third-order valence-electron chi connectivity index (χ3n) is 3.04. The van der Waals surface area contributed by atoms with Gasteiger partial charge in [0, 0.05) is 19.1 Å². The minimum absolute atomic E-state index is 0.238. The molecular weight excluding hydrogens is 234 g/mol. The Hall–Kier alpha value is -1.56. The maximum absolute atomic E-state index is 11.5. The van der Waals surface area contributed by atoms with Crippen LogP contribution in [-0.2, 0) is 4.74 Å². The first-order chi connectivity index (χ1) is 8.76. The van der Waals surface area contributed by atoms with Gasteiger partial charge in [-0.05, 0) is 26.8 Å². The highest BCUT2D eigenvalue weighted by Gasteiger charge is 2.28. The van der Waals surface area contributed by atoms with E-state index in [1.807, 2.05) is 7.05 Å². The second kappa shape index (κ2) is 5.86. The molecule has 18 heavy (non-hydrogen) atoms. The van der Waals surface area contributed by atoms with Gasteiger partial charge in [-0.25, -0.2) is 4.79 Å². The van der Waals surface area contributed by atoms with Crippen molar-refractivity contribution in [3.05, 3.63) is 12.0 Å². The van der Waals surface area contributed by atoms with Gasteiger partial charge in [0.25, 0.3) is 6.01 Å². The fraction of sp³-hybridized carbons (Fsp3) is 0.667. The van der Waals surface area contributed by atoms with Gasteiger partial charge in [0.2, 0.25) is 0 Å². The van der Waals surface area contributed by atoms with Crippen LogP contribution in [0.3, 0.4) is 0 Å². The summed E-state index contributed by atoms with van der Waals surface area (Å²) in [5.74, 6) is -0.433. The van der Waals surface area contributed by atoms with Gasteiger partial charge in [0.1, 0.15) is 6.26 Å². The number of oxazole rings is 1. The van der Waals surface area contributed by atoms with E-state index in [1.54, 1.807) is 6.92 Å². The maximum Gasteiger partial charge on any atom is 0.360 e. The van der Waals surface area contributed by atoms with Crippen molar-refractivity contribution in [3.8, 4) is 0 Å². The quantitative estimate of drug-likeness (QED) is 0.791. The summed E-state index contributed by atoms with van der Waals surface area (Å²) in [7, 11) is 1.93. The molecule has 100 valence electrons. The standard InChI is InChI=1S/C12H19N3O3/c1-3-17-11(16)10-8-18-12(14-10)15-6-4-5-9(15)7-13-2/h8-9,13H,3-7H2,1-2H3. The van der Waals surface area contributed by atoms with E-state index in [2.05, 4.69) is 15.2 Å². The molecule has 1 atom stereocenters. The van der Waals surface area contributed by atoms with Crippen molar-refractivity contribution < 1.29 is 13.9 Å². The summed E-state index contributed by atoms with van der Waals surface area (Å²) in [4.78, 5) is 17.8. The number of nitrogens with zero attached hydrogens (tertiary/aromatic N) is 2. The Morgan fingerprint density at radius 3 is 3.28 bits per heavy atom. The van der Waals surface area contributed by atoms with Crippen LogP contribution in [0.25, 0.3) is 0 Å². The molecule has 1 fully saturated rings. The van der Waals surface area contributed by atoms with Crippen molar-refractivity contribution in [2.75, 3.05) is 31.6 Å². The van der Waals surface area contributed by atoms with Crippen molar-refractivity contribution >= 4 is 12.0 Å². The average Bonchev–Trinajstić information content (AvgIpc) is 2.97. The van der Waals surface area contributed by atoms with E-state index >= 15 is 0 Å².